The van der Waals surface area contributed by atoms with Crippen molar-refractivity contribution < 1.29 is 14.3 Å². The molecule has 0 unspecified atom stereocenters. The van der Waals surface area contributed by atoms with Gasteiger partial charge in [0.1, 0.15) is 5.82 Å². The van der Waals surface area contributed by atoms with E-state index >= 15 is 0 Å². The minimum Gasteiger partial charge on any atom is -0.481 e. The highest BCUT2D eigenvalue weighted by atomic mass is 19.1. The van der Waals surface area contributed by atoms with Gasteiger partial charge in [0.15, 0.2) is 0 Å². The molecule has 0 heterocycles. The number of hydrogen-bond acceptors (Lipinski definition) is 1. The number of carboxylic acid groups (broad SMARTS) is 1. The van der Waals surface area contributed by atoms with Crippen LogP contribution in [0.3, 0.4) is 0 Å². The maximum atomic E-state index is 13.0. The number of carboxylic acids is 1. The van der Waals surface area contributed by atoms with Gasteiger partial charge >= 0.3 is 5.97 Å². The highest BCUT2D eigenvalue weighted by Gasteiger charge is 2.62. The molecule has 1 aromatic carbocycles. The molecule has 3 heteroatoms. The molecule has 0 amide bonds. The Morgan fingerprint density at radius 3 is 2.60 bits per heavy atom. The zero-order chi connectivity index (χ0) is 11.2. The summed E-state index contributed by atoms with van der Waals surface area (Å²) in [7, 11) is 0. The Morgan fingerprint density at radius 1 is 1.47 bits per heavy atom. The van der Waals surface area contributed by atoms with Gasteiger partial charge in [0.25, 0.3) is 0 Å². The first kappa shape index (κ1) is 10.1. The molecular weight excluding hydrogens is 195 g/mol. The molecule has 1 aliphatic rings. The largest absolute Gasteiger partial charge is 0.481 e. The number of benzene rings is 1. The molecule has 0 radical (unpaired) electrons. The van der Waals surface area contributed by atoms with Crippen molar-refractivity contribution in [1.82, 2.24) is 0 Å². The first-order valence-corrected chi connectivity index (χ1v) is 4.93. The second kappa shape index (κ2) is 3.05. The van der Waals surface area contributed by atoms with Crippen LogP contribution in [0.1, 0.15) is 25.3 Å². The Balaban J connectivity index is 2.31. The lowest BCUT2D eigenvalue weighted by molar-refractivity contribution is -0.139. The molecule has 1 N–H and O–H groups in total. The molecule has 1 saturated carbocycles. The Morgan fingerprint density at radius 2 is 2.13 bits per heavy atom. The van der Waals surface area contributed by atoms with E-state index in [-0.39, 0.29) is 23.1 Å². The maximum Gasteiger partial charge on any atom is 0.307 e. The van der Waals surface area contributed by atoms with Crippen LogP contribution < -0.4 is 0 Å². The molecule has 1 aromatic rings. The van der Waals surface area contributed by atoms with Crippen molar-refractivity contribution in [3.8, 4) is 0 Å². The molecule has 1 fully saturated rings. The molecule has 0 saturated heterocycles. The lowest BCUT2D eigenvalue weighted by Gasteiger charge is -2.02. The van der Waals surface area contributed by atoms with Crippen molar-refractivity contribution in [3.63, 3.8) is 0 Å². The van der Waals surface area contributed by atoms with E-state index < -0.39 is 5.97 Å². The molecular formula is C12H13FO2. The van der Waals surface area contributed by atoms with Crippen LogP contribution in [0.4, 0.5) is 4.39 Å². The highest BCUT2D eigenvalue weighted by molar-refractivity contribution is 5.77. The fourth-order valence-electron chi connectivity index (χ4n) is 2.42. The lowest BCUT2D eigenvalue weighted by Crippen LogP contribution is -2.03. The second-order valence-electron chi connectivity index (χ2n) is 4.67. The Labute approximate surface area is 87.7 Å². The van der Waals surface area contributed by atoms with E-state index in [1.54, 1.807) is 12.1 Å². The number of hydrogen-bond donors (Lipinski definition) is 1. The van der Waals surface area contributed by atoms with E-state index in [4.69, 9.17) is 5.11 Å². The van der Waals surface area contributed by atoms with E-state index in [0.717, 1.165) is 5.56 Å². The van der Waals surface area contributed by atoms with Crippen LogP contribution in [-0.4, -0.2) is 11.1 Å². The van der Waals surface area contributed by atoms with Gasteiger partial charge in [-0.15, -0.1) is 0 Å². The number of halogens is 1. The van der Waals surface area contributed by atoms with Crippen molar-refractivity contribution in [3.05, 3.63) is 35.6 Å². The van der Waals surface area contributed by atoms with Gasteiger partial charge in [-0.3, -0.25) is 4.79 Å². The molecule has 2 rings (SSSR count). The minimum atomic E-state index is -0.797. The summed E-state index contributed by atoms with van der Waals surface area (Å²) in [5.74, 6) is -1.56. The summed E-state index contributed by atoms with van der Waals surface area (Å²) < 4.78 is 13.0. The third-order valence-electron chi connectivity index (χ3n) is 3.30. The van der Waals surface area contributed by atoms with Crippen LogP contribution in [0.5, 0.6) is 0 Å². The van der Waals surface area contributed by atoms with Crippen molar-refractivity contribution in [1.29, 1.82) is 0 Å². The molecule has 2 atom stereocenters. The molecule has 0 aromatic heterocycles. The minimum absolute atomic E-state index is 0.0642. The first-order valence-electron chi connectivity index (χ1n) is 4.93. The molecule has 0 bridgehead atoms. The molecule has 0 aliphatic heterocycles. The predicted molar refractivity (Wildman–Crippen MR) is 54.0 cm³/mol. The Kier molecular flexibility index (Phi) is 2.07. The van der Waals surface area contributed by atoms with Gasteiger partial charge in [0.05, 0.1) is 5.92 Å². The van der Waals surface area contributed by atoms with E-state index in [1.807, 2.05) is 13.8 Å². The summed E-state index contributed by atoms with van der Waals surface area (Å²) in [4.78, 5) is 11.0. The smallest absolute Gasteiger partial charge is 0.307 e. The van der Waals surface area contributed by atoms with Crippen molar-refractivity contribution >= 4 is 5.97 Å². The van der Waals surface area contributed by atoms with E-state index in [9.17, 15) is 9.18 Å². The number of aliphatic carboxylic acids is 1. The number of carbonyl (C=O) groups is 1. The van der Waals surface area contributed by atoms with Crippen molar-refractivity contribution in [2.75, 3.05) is 0 Å². The zero-order valence-corrected chi connectivity index (χ0v) is 8.70. The highest BCUT2D eigenvalue weighted by Crippen LogP contribution is 2.64. The van der Waals surface area contributed by atoms with Gasteiger partial charge in [-0.05, 0) is 23.1 Å². The monoisotopic (exact) mass is 208 g/mol. The van der Waals surface area contributed by atoms with Crippen LogP contribution in [0.25, 0.3) is 0 Å². The topological polar surface area (TPSA) is 37.3 Å². The van der Waals surface area contributed by atoms with Crippen LogP contribution in [0.15, 0.2) is 24.3 Å². The standard InChI is InChI=1S/C12H13FO2/c1-12(2)9(10(12)11(14)15)7-4-3-5-8(13)6-7/h3-6,9-10H,1-2H3,(H,14,15)/t9-,10+/m1/s1. The fourth-order valence-corrected chi connectivity index (χ4v) is 2.42. The molecule has 1 aliphatic carbocycles. The third kappa shape index (κ3) is 1.52. The van der Waals surface area contributed by atoms with Crippen molar-refractivity contribution in [2.24, 2.45) is 11.3 Å². The summed E-state index contributed by atoms with van der Waals surface area (Å²) in [6, 6.07) is 6.21. The zero-order valence-electron chi connectivity index (χ0n) is 8.70. The maximum absolute atomic E-state index is 13.0. The van der Waals surface area contributed by atoms with Gasteiger partial charge in [-0.1, -0.05) is 26.0 Å². The Bertz CT molecular complexity index is 412. The van der Waals surface area contributed by atoms with Crippen LogP contribution in [0.2, 0.25) is 0 Å². The summed E-state index contributed by atoms with van der Waals surface area (Å²) in [6.45, 7) is 3.81. The summed E-state index contributed by atoms with van der Waals surface area (Å²) in [6.07, 6.45) is 0. The first-order chi connectivity index (χ1) is 6.94. The fraction of sp³-hybridized carbons (Fsp3) is 0.417. The predicted octanol–water partition coefficient (Wildman–Crippen LogP) is 2.65. The van der Waals surface area contributed by atoms with Crippen LogP contribution in [0, 0.1) is 17.2 Å². The summed E-state index contributed by atoms with van der Waals surface area (Å²) in [5, 5.41) is 9.00. The van der Waals surface area contributed by atoms with E-state index in [1.165, 1.54) is 12.1 Å². The normalized spacial score (nSPS) is 27.4. The van der Waals surface area contributed by atoms with Crippen molar-refractivity contribution in [2.45, 2.75) is 19.8 Å². The average Bonchev–Trinajstić information content (AvgIpc) is 2.69. The van der Waals surface area contributed by atoms with Gasteiger partial charge in [-0.2, -0.15) is 0 Å². The number of rotatable bonds is 2. The molecule has 2 nitrogen and oxygen atoms in total. The van der Waals surface area contributed by atoms with E-state index in [2.05, 4.69) is 0 Å². The molecule has 0 spiro atoms. The summed E-state index contributed by atoms with van der Waals surface area (Å²) >= 11 is 0. The molecule has 15 heavy (non-hydrogen) atoms. The van der Waals surface area contributed by atoms with Crippen LogP contribution in [-0.2, 0) is 4.79 Å². The SMILES string of the molecule is CC1(C)[C@H](C(=O)O)[C@H]1c1cccc(F)c1. The second-order valence-corrected chi connectivity index (χ2v) is 4.67. The van der Waals surface area contributed by atoms with Gasteiger partial charge in [0, 0.05) is 5.92 Å². The van der Waals surface area contributed by atoms with Gasteiger partial charge in [0.2, 0.25) is 0 Å². The summed E-state index contributed by atoms with van der Waals surface area (Å²) in [5.41, 5.74) is 0.520. The molecule has 80 valence electrons. The van der Waals surface area contributed by atoms with Gasteiger partial charge in [-0.25, -0.2) is 4.39 Å². The quantitative estimate of drug-likeness (QED) is 0.811. The average molecular weight is 208 g/mol. The Hall–Kier alpha value is -1.38. The van der Waals surface area contributed by atoms with Crippen LogP contribution >= 0.6 is 0 Å². The van der Waals surface area contributed by atoms with Gasteiger partial charge < -0.3 is 5.11 Å². The lowest BCUT2D eigenvalue weighted by atomic mass is 10.0. The van der Waals surface area contributed by atoms with E-state index in [0.29, 0.717) is 0 Å². The third-order valence-corrected chi connectivity index (χ3v) is 3.30.